The van der Waals surface area contributed by atoms with E-state index < -0.39 is 12.2 Å². The minimum Gasteiger partial charge on any atom is -0.324 e. The second-order valence-electron chi connectivity index (χ2n) is 8.29. The van der Waals surface area contributed by atoms with Gasteiger partial charge >= 0.3 is 0 Å². The van der Waals surface area contributed by atoms with Crippen LogP contribution in [-0.4, -0.2) is 59.4 Å². The molecule has 1 aliphatic heterocycles. The molecule has 4 aromatic rings. The highest BCUT2D eigenvalue weighted by atomic mass is 19.1. The van der Waals surface area contributed by atoms with E-state index in [1.165, 1.54) is 31.4 Å². The van der Waals surface area contributed by atoms with Crippen molar-refractivity contribution in [3.05, 3.63) is 48.7 Å². The maximum absolute atomic E-state index is 14.5. The smallest absolute Gasteiger partial charge is 0.248 e. The Labute approximate surface area is 187 Å². The van der Waals surface area contributed by atoms with Crippen molar-refractivity contribution in [1.82, 2.24) is 34.8 Å². The zero-order valence-corrected chi connectivity index (χ0v) is 17.5. The summed E-state index contributed by atoms with van der Waals surface area (Å²) in [4.78, 5) is 27.2. The van der Waals surface area contributed by atoms with Gasteiger partial charge in [-0.2, -0.15) is 10.1 Å². The molecule has 5 heterocycles. The number of amides is 1. The largest absolute Gasteiger partial charge is 0.324 e. The molecule has 0 bridgehead atoms. The number of carbonyl (C=O) groups excluding carboxylic acids is 1. The van der Waals surface area contributed by atoms with Crippen LogP contribution in [0.4, 0.5) is 27.8 Å². The van der Waals surface area contributed by atoms with E-state index in [0.717, 1.165) is 11.2 Å². The number of nitrogens with one attached hydrogen (secondary N) is 3. The van der Waals surface area contributed by atoms with Crippen molar-refractivity contribution in [3.63, 3.8) is 0 Å². The van der Waals surface area contributed by atoms with Crippen LogP contribution in [0.1, 0.15) is 30.9 Å². The zero-order valence-electron chi connectivity index (χ0n) is 17.5. The van der Waals surface area contributed by atoms with Gasteiger partial charge in [0.25, 0.3) is 0 Å². The van der Waals surface area contributed by atoms with Gasteiger partial charge in [0.15, 0.2) is 17.5 Å². The summed E-state index contributed by atoms with van der Waals surface area (Å²) in [6, 6.07) is 4.92. The highest BCUT2D eigenvalue weighted by Gasteiger charge is 2.39. The van der Waals surface area contributed by atoms with Crippen LogP contribution in [0.2, 0.25) is 0 Å². The first-order valence-corrected chi connectivity index (χ1v) is 10.8. The van der Waals surface area contributed by atoms with Gasteiger partial charge in [0.2, 0.25) is 11.9 Å². The molecule has 2 atom stereocenters. The fourth-order valence-corrected chi connectivity index (χ4v) is 4.09. The summed E-state index contributed by atoms with van der Waals surface area (Å²) in [5.41, 5.74) is 1.84. The number of carbonyl (C=O) groups is 1. The maximum Gasteiger partial charge on any atom is 0.248 e. The van der Waals surface area contributed by atoms with E-state index in [4.69, 9.17) is 0 Å². The number of rotatable bonds is 6. The molecule has 2 aliphatic rings. The number of H-pyrrole nitrogens is 1. The number of alkyl halides is 1. The molecule has 1 saturated heterocycles. The molecule has 0 aromatic carbocycles. The molecule has 168 valence electrons. The third-order valence-electron chi connectivity index (χ3n) is 5.87. The summed E-state index contributed by atoms with van der Waals surface area (Å²) in [5.74, 6) is 1.88. The van der Waals surface area contributed by atoms with Crippen LogP contribution in [0.25, 0.3) is 5.52 Å². The second kappa shape index (κ2) is 7.80. The lowest BCUT2D eigenvalue weighted by Crippen LogP contribution is -2.41. The van der Waals surface area contributed by atoms with E-state index in [-0.39, 0.29) is 24.8 Å². The van der Waals surface area contributed by atoms with Crippen molar-refractivity contribution in [3.8, 4) is 0 Å². The molecule has 11 nitrogen and oxygen atoms in total. The van der Waals surface area contributed by atoms with Gasteiger partial charge < -0.3 is 15.5 Å². The van der Waals surface area contributed by atoms with Crippen molar-refractivity contribution in [2.45, 2.75) is 37.4 Å². The third kappa shape index (κ3) is 3.83. The molecule has 6 rings (SSSR count). The number of aromatic nitrogens is 7. The van der Waals surface area contributed by atoms with Crippen LogP contribution in [0, 0.1) is 0 Å². The topological polar surface area (TPSA) is 129 Å². The first kappa shape index (κ1) is 19.6. The van der Waals surface area contributed by atoms with Crippen LogP contribution >= 0.6 is 0 Å². The van der Waals surface area contributed by atoms with Crippen molar-refractivity contribution < 1.29 is 9.18 Å². The molecule has 1 saturated carbocycles. The fourth-order valence-electron chi connectivity index (χ4n) is 4.09. The molecule has 0 radical (unpaired) electrons. The molecule has 0 spiro atoms. The number of hydrogen-bond donors (Lipinski definition) is 3. The third-order valence-corrected chi connectivity index (χ3v) is 5.87. The van der Waals surface area contributed by atoms with E-state index in [1.807, 2.05) is 18.2 Å². The number of hydrogen-bond acceptors (Lipinski definition) is 8. The summed E-state index contributed by atoms with van der Waals surface area (Å²) < 4.78 is 16.1. The highest BCUT2D eigenvalue weighted by Crippen LogP contribution is 2.39. The Bertz CT molecular complexity index is 1300. The van der Waals surface area contributed by atoms with Crippen LogP contribution in [0.15, 0.2) is 43.0 Å². The molecule has 2 fully saturated rings. The van der Waals surface area contributed by atoms with Crippen LogP contribution < -0.4 is 15.5 Å². The second-order valence-corrected chi connectivity index (χ2v) is 8.29. The van der Waals surface area contributed by atoms with E-state index >= 15 is 0 Å². The van der Waals surface area contributed by atoms with Gasteiger partial charge in [-0.15, -0.1) is 5.10 Å². The lowest BCUT2D eigenvalue weighted by Gasteiger charge is -2.23. The lowest BCUT2D eigenvalue weighted by atomic mass is 10.2. The van der Waals surface area contributed by atoms with E-state index in [9.17, 15) is 9.18 Å². The fraction of sp³-hybridized carbons (Fsp3) is 0.333. The predicted molar refractivity (Wildman–Crippen MR) is 118 cm³/mol. The molecule has 1 unspecified atom stereocenters. The summed E-state index contributed by atoms with van der Waals surface area (Å²) in [6.45, 7) is 0.0129. The van der Waals surface area contributed by atoms with Crippen LogP contribution in [0.3, 0.4) is 0 Å². The average molecular weight is 448 g/mol. The van der Waals surface area contributed by atoms with Crippen molar-refractivity contribution in [2.75, 3.05) is 22.1 Å². The van der Waals surface area contributed by atoms with Gasteiger partial charge in [-0.25, -0.2) is 13.9 Å². The summed E-state index contributed by atoms with van der Waals surface area (Å²) in [7, 11) is 0. The number of fused-ring (bicyclic) bond motifs is 1. The molecular formula is C21H21FN10O. The molecular weight excluding hydrogens is 427 g/mol. The van der Waals surface area contributed by atoms with Gasteiger partial charge in [0.05, 0.1) is 12.7 Å². The minimum atomic E-state index is -1.18. The normalized spacial score (nSPS) is 20.3. The summed E-state index contributed by atoms with van der Waals surface area (Å²) in [6.07, 6.45) is 7.39. The number of nitrogens with zero attached hydrogens (tertiary/aromatic N) is 7. The van der Waals surface area contributed by atoms with Gasteiger partial charge in [-0.3, -0.25) is 14.9 Å². The molecule has 33 heavy (non-hydrogen) atoms. The van der Waals surface area contributed by atoms with Crippen LogP contribution in [-0.2, 0) is 4.79 Å². The van der Waals surface area contributed by atoms with E-state index in [1.54, 1.807) is 15.6 Å². The first-order chi connectivity index (χ1) is 16.1. The van der Waals surface area contributed by atoms with Gasteiger partial charge in [-0.05, 0) is 25.0 Å². The quantitative estimate of drug-likeness (QED) is 0.410. The average Bonchev–Trinajstić information content (AvgIpc) is 3.20. The Morgan fingerprint density at radius 2 is 2.15 bits per heavy atom. The predicted octanol–water partition coefficient (Wildman–Crippen LogP) is 2.42. The molecule has 1 amide bonds. The monoisotopic (exact) mass is 448 g/mol. The molecule has 3 N–H and O–H groups in total. The first-order valence-electron chi connectivity index (χ1n) is 10.8. The Hall–Kier alpha value is -4.09. The number of anilines is 4. The zero-order chi connectivity index (χ0) is 22.4. The Morgan fingerprint density at radius 3 is 2.97 bits per heavy atom. The van der Waals surface area contributed by atoms with Gasteiger partial charge in [-0.1, -0.05) is 0 Å². The number of halogens is 1. The number of aromatic amines is 1. The van der Waals surface area contributed by atoms with Crippen molar-refractivity contribution in [1.29, 1.82) is 0 Å². The molecule has 4 aromatic heterocycles. The Morgan fingerprint density at radius 1 is 1.24 bits per heavy atom. The standard InChI is InChI=1S/C21H21FN10O/c22-13-8-16(20(33)26-18-10-23-5-6-24-18)31(11-13)21-27-19(15-2-1-7-32(15)30-21)25-17-9-14(28-29-17)12-3-4-12/h1-2,5-7,9-10,12-13,16H,3-4,8,11H2,(H,24,26,33)(H2,25,27,28,29,30)/t13-,16?/m1/s1. The SMILES string of the molecule is O=C(Nc1cnccn1)C1C[C@@H](F)CN1c1nc(Nc2cc(C3CC3)[nH]n2)c2cccn2n1. The molecule has 12 heteroatoms. The van der Waals surface area contributed by atoms with E-state index in [2.05, 4.69) is 40.9 Å². The Balaban J connectivity index is 1.30. The van der Waals surface area contributed by atoms with Crippen molar-refractivity contribution >= 4 is 34.8 Å². The Kier molecular flexibility index (Phi) is 4.63. The highest BCUT2D eigenvalue weighted by molar-refractivity contribution is 5.96. The summed E-state index contributed by atoms with van der Waals surface area (Å²) >= 11 is 0. The maximum atomic E-state index is 14.5. The lowest BCUT2D eigenvalue weighted by molar-refractivity contribution is -0.117. The van der Waals surface area contributed by atoms with Gasteiger partial charge in [0.1, 0.15) is 17.7 Å². The van der Waals surface area contributed by atoms with Crippen LogP contribution in [0.5, 0.6) is 0 Å². The summed E-state index contributed by atoms with van der Waals surface area (Å²) in [5, 5.41) is 17.9. The van der Waals surface area contributed by atoms with E-state index in [0.29, 0.717) is 23.4 Å². The van der Waals surface area contributed by atoms with Crippen molar-refractivity contribution in [2.24, 2.45) is 0 Å². The minimum absolute atomic E-state index is 0.0129. The van der Waals surface area contributed by atoms with Gasteiger partial charge in [0, 0.05) is 42.7 Å². The molecule has 1 aliphatic carbocycles.